The van der Waals surface area contributed by atoms with E-state index in [9.17, 15) is 0 Å². The zero-order valence-electron chi connectivity index (χ0n) is 9.87. The second kappa shape index (κ2) is 5.53. The third-order valence-electron chi connectivity index (χ3n) is 3.05. The van der Waals surface area contributed by atoms with E-state index in [1.54, 1.807) is 6.07 Å². The van der Waals surface area contributed by atoms with Crippen molar-refractivity contribution in [1.29, 1.82) is 0 Å². The van der Waals surface area contributed by atoms with Gasteiger partial charge in [0.1, 0.15) is 10.3 Å². The summed E-state index contributed by atoms with van der Waals surface area (Å²) in [4.78, 5) is 6.38. The van der Waals surface area contributed by atoms with Crippen molar-refractivity contribution >= 4 is 23.2 Å². The fourth-order valence-electron chi connectivity index (χ4n) is 2.44. The van der Waals surface area contributed by atoms with Gasteiger partial charge in [0.25, 0.3) is 0 Å². The lowest BCUT2D eigenvalue weighted by molar-refractivity contribution is 0.158. The molecule has 0 bridgehead atoms. The van der Waals surface area contributed by atoms with Gasteiger partial charge >= 0.3 is 0 Å². The predicted octanol–water partition coefficient (Wildman–Crippen LogP) is 2.56. The van der Waals surface area contributed by atoms with Gasteiger partial charge in [-0.3, -0.25) is 4.90 Å². The van der Waals surface area contributed by atoms with Gasteiger partial charge in [0, 0.05) is 31.2 Å². The lowest BCUT2D eigenvalue weighted by Crippen LogP contribution is -2.45. The van der Waals surface area contributed by atoms with Crippen LogP contribution in [0.15, 0.2) is 12.1 Å². The zero-order chi connectivity index (χ0) is 12.4. The molecule has 5 heteroatoms. The normalized spacial score (nSPS) is 26.1. The Balaban J connectivity index is 2.04. The maximum Gasteiger partial charge on any atom is 0.135 e. The predicted molar refractivity (Wildman–Crippen MR) is 71.3 cm³/mol. The molecule has 1 fully saturated rings. The van der Waals surface area contributed by atoms with Crippen LogP contribution >= 0.6 is 23.2 Å². The van der Waals surface area contributed by atoms with E-state index in [0.29, 0.717) is 16.2 Å². The number of hydrogen-bond donors (Lipinski definition) is 1. The maximum absolute atomic E-state index is 6.07. The van der Waals surface area contributed by atoms with E-state index in [2.05, 4.69) is 16.8 Å². The van der Waals surface area contributed by atoms with Gasteiger partial charge in [0.2, 0.25) is 0 Å². The second-order valence-corrected chi connectivity index (χ2v) is 5.62. The van der Waals surface area contributed by atoms with E-state index in [4.69, 9.17) is 28.9 Å². The first-order valence-corrected chi connectivity index (χ1v) is 6.59. The molecule has 94 valence electrons. The van der Waals surface area contributed by atoms with Crippen molar-refractivity contribution in [3.05, 3.63) is 28.0 Å². The van der Waals surface area contributed by atoms with Crippen molar-refractivity contribution in [3.8, 4) is 0 Å². The number of piperidine rings is 1. The summed E-state index contributed by atoms with van der Waals surface area (Å²) in [7, 11) is 0. The van der Waals surface area contributed by atoms with E-state index in [1.807, 2.05) is 6.07 Å². The maximum atomic E-state index is 6.07. The SMILES string of the molecule is CC1CC(N)CN(Cc2ccc(Cl)nc2Cl)C1. The summed E-state index contributed by atoms with van der Waals surface area (Å²) >= 11 is 11.8. The van der Waals surface area contributed by atoms with Crippen LogP contribution in [0.25, 0.3) is 0 Å². The average molecular weight is 274 g/mol. The highest BCUT2D eigenvalue weighted by Gasteiger charge is 2.22. The van der Waals surface area contributed by atoms with Gasteiger partial charge in [0.15, 0.2) is 0 Å². The zero-order valence-corrected chi connectivity index (χ0v) is 11.4. The summed E-state index contributed by atoms with van der Waals surface area (Å²) in [6.45, 7) is 5.00. The van der Waals surface area contributed by atoms with Crippen molar-refractivity contribution in [2.45, 2.75) is 25.9 Å². The van der Waals surface area contributed by atoms with Crippen LogP contribution in [-0.4, -0.2) is 29.0 Å². The molecule has 2 N–H and O–H groups in total. The fraction of sp³-hybridized carbons (Fsp3) is 0.583. The minimum atomic E-state index is 0.262. The fourth-order valence-corrected chi connectivity index (χ4v) is 2.85. The standard InChI is InChI=1S/C12H17Cl2N3/c1-8-4-10(15)7-17(5-8)6-9-2-3-11(13)16-12(9)14/h2-3,8,10H,4-7,15H2,1H3. The molecule has 2 atom stereocenters. The number of hydrogen-bond acceptors (Lipinski definition) is 3. The summed E-state index contributed by atoms with van der Waals surface area (Å²) in [6.07, 6.45) is 1.10. The van der Waals surface area contributed by atoms with Crippen molar-refractivity contribution in [3.63, 3.8) is 0 Å². The third-order valence-corrected chi connectivity index (χ3v) is 3.59. The highest BCUT2D eigenvalue weighted by atomic mass is 35.5. The first kappa shape index (κ1) is 13.1. The van der Waals surface area contributed by atoms with E-state index >= 15 is 0 Å². The summed E-state index contributed by atoms with van der Waals surface area (Å²) in [5.41, 5.74) is 7.03. The molecule has 0 aromatic carbocycles. The monoisotopic (exact) mass is 273 g/mol. The number of nitrogens with zero attached hydrogens (tertiary/aromatic N) is 2. The molecule has 3 nitrogen and oxygen atoms in total. The van der Waals surface area contributed by atoms with Crippen LogP contribution in [0.5, 0.6) is 0 Å². The molecular weight excluding hydrogens is 257 g/mol. The molecule has 17 heavy (non-hydrogen) atoms. The largest absolute Gasteiger partial charge is 0.327 e. The van der Waals surface area contributed by atoms with Crippen molar-refractivity contribution in [2.24, 2.45) is 11.7 Å². The van der Waals surface area contributed by atoms with Crippen LogP contribution in [0.2, 0.25) is 10.3 Å². The molecule has 2 heterocycles. The molecule has 2 unspecified atom stereocenters. The summed E-state index contributed by atoms with van der Waals surface area (Å²) in [6, 6.07) is 3.97. The van der Waals surface area contributed by atoms with Crippen LogP contribution < -0.4 is 5.73 Å². The van der Waals surface area contributed by atoms with Crippen molar-refractivity contribution in [2.75, 3.05) is 13.1 Å². The third kappa shape index (κ3) is 3.55. The summed E-state index contributed by atoms with van der Waals surface area (Å²) in [5, 5.41) is 0.923. The van der Waals surface area contributed by atoms with Gasteiger partial charge in [-0.25, -0.2) is 4.98 Å². The lowest BCUT2D eigenvalue weighted by atomic mass is 9.96. The van der Waals surface area contributed by atoms with Crippen molar-refractivity contribution in [1.82, 2.24) is 9.88 Å². The molecule has 0 amide bonds. The Morgan fingerprint density at radius 1 is 1.41 bits per heavy atom. The Morgan fingerprint density at radius 3 is 2.82 bits per heavy atom. The Morgan fingerprint density at radius 2 is 2.18 bits per heavy atom. The van der Waals surface area contributed by atoms with Gasteiger partial charge in [-0.2, -0.15) is 0 Å². The molecule has 2 rings (SSSR count). The van der Waals surface area contributed by atoms with Crippen LogP contribution in [-0.2, 0) is 6.54 Å². The van der Waals surface area contributed by atoms with Crippen LogP contribution in [0.3, 0.4) is 0 Å². The van der Waals surface area contributed by atoms with Gasteiger partial charge < -0.3 is 5.73 Å². The molecule has 1 saturated heterocycles. The molecule has 1 aromatic rings. The van der Waals surface area contributed by atoms with Gasteiger partial charge in [0.05, 0.1) is 0 Å². The Kier molecular flexibility index (Phi) is 4.26. The summed E-state index contributed by atoms with van der Waals surface area (Å²) in [5.74, 6) is 0.637. The molecule has 0 saturated carbocycles. The highest BCUT2D eigenvalue weighted by Crippen LogP contribution is 2.21. The average Bonchev–Trinajstić information content (AvgIpc) is 2.21. The second-order valence-electron chi connectivity index (χ2n) is 4.88. The molecule has 0 spiro atoms. The number of pyridine rings is 1. The minimum Gasteiger partial charge on any atom is -0.327 e. The number of nitrogens with two attached hydrogens (primary N) is 1. The number of likely N-dealkylation sites (tertiary alicyclic amines) is 1. The Bertz CT molecular complexity index is 387. The van der Waals surface area contributed by atoms with Crippen LogP contribution in [0, 0.1) is 5.92 Å². The van der Waals surface area contributed by atoms with Crippen LogP contribution in [0.4, 0.5) is 0 Å². The van der Waals surface area contributed by atoms with Gasteiger partial charge in [-0.05, 0) is 18.4 Å². The van der Waals surface area contributed by atoms with Crippen LogP contribution in [0.1, 0.15) is 18.9 Å². The molecule has 0 radical (unpaired) electrons. The first-order chi connectivity index (χ1) is 8.04. The molecule has 1 aromatic heterocycles. The molecule has 1 aliphatic heterocycles. The molecular formula is C12H17Cl2N3. The van der Waals surface area contributed by atoms with Gasteiger partial charge in [-0.15, -0.1) is 0 Å². The number of rotatable bonds is 2. The van der Waals surface area contributed by atoms with Gasteiger partial charge in [-0.1, -0.05) is 36.2 Å². The Labute approximate surface area is 112 Å². The first-order valence-electron chi connectivity index (χ1n) is 5.83. The lowest BCUT2D eigenvalue weighted by Gasteiger charge is -2.34. The van der Waals surface area contributed by atoms with E-state index in [0.717, 1.165) is 31.6 Å². The smallest absolute Gasteiger partial charge is 0.135 e. The topological polar surface area (TPSA) is 42.1 Å². The Hall–Kier alpha value is -0.350. The number of aromatic nitrogens is 1. The van der Waals surface area contributed by atoms with E-state index < -0.39 is 0 Å². The number of halogens is 2. The van der Waals surface area contributed by atoms with E-state index in [-0.39, 0.29) is 6.04 Å². The quantitative estimate of drug-likeness (QED) is 0.843. The summed E-state index contributed by atoms with van der Waals surface area (Å²) < 4.78 is 0. The van der Waals surface area contributed by atoms with E-state index in [1.165, 1.54) is 0 Å². The highest BCUT2D eigenvalue weighted by molar-refractivity contribution is 6.32. The minimum absolute atomic E-state index is 0.262. The molecule has 1 aliphatic rings. The molecule has 0 aliphatic carbocycles. The van der Waals surface area contributed by atoms with Crippen molar-refractivity contribution < 1.29 is 0 Å².